The van der Waals surface area contributed by atoms with E-state index in [4.69, 9.17) is 11.6 Å². The molecular weight excluding hydrogens is 242 g/mol. The van der Waals surface area contributed by atoms with E-state index in [0.29, 0.717) is 12.1 Å². The van der Waals surface area contributed by atoms with Crippen molar-refractivity contribution in [2.75, 3.05) is 0 Å². The van der Waals surface area contributed by atoms with Crippen molar-refractivity contribution < 1.29 is 0 Å². The predicted molar refractivity (Wildman–Crippen MR) is 79.0 cm³/mol. The molecule has 0 spiro atoms. The SMILES string of the molecule is CCC1CCCCC1N[C@@H](C)c1ccc(Cl)cc1. The minimum absolute atomic E-state index is 0.416. The summed E-state index contributed by atoms with van der Waals surface area (Å²) in [6.45, 7) is 4.57. The molecule has 1 N–H and O–H groups in total. The Bertz CT molecular complexity index is 360. The van der Waals surface area contributed by atoms with E-state index in [9.17, 15) is 0 Å². The van der Waals surface area contributed by atoms with Gasteiger partial charge in [0.1, 0.15) is 0 Å². The van der Waals surface area contributed by atoms with Crippen molar-refractivity contribution in [1.82, 2.24) is 5.32 Å². The summed E-state index contributed by atoms with van der Waals surface area (Å²) in [5, 5.41) is 4.63. The lowest BCUT2D eigenvalue weighted by atomic mass is 9.82. The first-order valence-electron chi connectivity index (χ1n) is 7.22. The number of hydrogen-bond acceptors (Lipinski definition) is 1. The normalized spacial score (nSPS) is 25.9. The van der Waals surface area contributed by atoms with Crippen molar-refractivity contribution in [2.24, 2.45) is 5.92 Å². The quantitative estimate of drug-likeness (QED) is 0.811. The molecule has 0 bridgehead atoms. The fraction of sp³-hybridized carbons (Fsp3) is 0.625. The second kappa shape index (κ2) is 6.58. The summed E-state index contributed by atoms with van der Waals surface area (Å²) in [4.78, 5) is 0. The molecule has 1 aliphatic carbocycles. The molecule has 0 radical (unpaired) electrons. The van der Waals surface area contributed by atoms with Crippen LogP contribution in [-0.4, -0.2) is 6.04 Å². The first-order chi connectivity index (χ1) is 8.70. The van der Waals surface area contributed by atoms with Crippen molar-refractivity contribution >= 4 is 11.6 Å². The molecule has 0 amide bonds. The van der Waals surface area contributed by atoms with E-state index in [1.165, 1.54) is 37.7 Å². The maximum Gasteiger partial charge on any atom is 0.0406 e. The molecule has 1 nitrogen and oxygen atoms in total. The van der Waals surface area contributed by atoms with Crippen LogP contribution in [-0.2, 0) is 0 Å². The predicted octanol–water partition coefficient (Wildman–Crippen LogP) is 4.96. The van der Waals surface area contributed by atoms with E-state index in [-0.39, 0.29) is 0 Å². The summed E-state index contributed by atoms with van der Waals surface area (Å²) in [6.07, 6.45) is 6.80. The number of rotatable bonds is 4. The molecular formula is C16H24ClN. The highest BCUT2D eigenvalue weighted by molar-refractivity contribution is 6.30. The van der Waals surface area contributed by atoms with Gasteiger partial charge in [0.15, 0.2) is 0 Å². The van der Waals surface area contributed by atoms with Gasteiger partial charge in [-0.2, -0.15) is 0 Å². The van der Waals surface area contributed by atoms with Crippen LogP contribution in [0.5, 0.6) is 0 Å². The topological polar surface area (TPSA) is 12.0 Å². The first kappa shape index (κ1) is 13.9. The highest BCUT2D eigenvalue weighted by atomic mass is 35.5. The van der Waals surface area contributed by atoms with E-state index in [0.717, 1.165) is 10.9 Å². The average molecular weight is 266 g/mol. The van der Waals surface area contributed by atoms with E-state index in [1.807, 2.05) is 12.1 Å². The van der Waals surface area contributed by atoms with Gasteiger partial charge in [0.05, 0.1) is 0 Å². The van der Waals surface area contributed by atoms with Gasteiger partial charge in [-0.15, -0.1) is 0 Å². The zero-order valence-corrected chi connectivity index (χ0v) is 12.2. The Kier molecular flexibility index (Phi) is 5.08. The van der Waals surface area contributed by atoms with E-state index in [1.54, 1.807) is 0 Å². The fourth-order valence-corrected chi connectivity index (χ4v) is 3.21. The summed E-state index contributed by atoms with van der Waals surface area (Å²) >= 11 is 5.93. The molecule has 2 unspecified atom stereocenters. The van der Waals surface area contributed by atoms with Gasteiger partial charge in [-0.25, -0.2) is 0 Å². The van der Waals surface area contributed by atoms with Crippen molar-refractivity contribution in [1.29, 1.82) is 0 Å². The molecule has 0 aliphatic heterocycles. The Morgan fingerprint density at radius 3 is 2.56 bits per heavy atom. The lowest BCUT2D eigenvalue weighted by Gasteiger charge is -2.34. The molecule has 0 saturated heterocycles. The molecule has 100 valence electrons. The molecule has 18 heavy (non-hydrogen) atoms. The molecule has 3 atom stereocenters. The van der Waals surface area contributed by atoms with E-state index >= 15 is 0 Å². The van der Waals surface area contributed by atoms with Crippen LogP contribution in [0.1, 0.15) is 57.6 Å². The number of nitrogens with one attached hydrogen (secondary N) is 1. The van der Waals surface area contributed by atoms with Crippen LogP contribution in [0.4, 0.5) is 0 Å². The molecule has 1 fully saturated rings. The van der Waals surface area contributed by atoms with Crippen LogP contribution in [0.15, 0.2) is 24.3 Å². The van der Waals surface area contributed by atoms with Crippen LogP contribution in [0.2, 0.25) is 5.02 Å². The van der Waals surface area contributed by atoms with Crippen LogP contribution in [0.3, 0.4) is 0 Å². The smallest absolute Gasteiger partial charge is 0.0406 e. The Morgan fingerprint density at radius 1 is 1.22 bits per heavy atom. The number of halogens is 1. The first-order valence-corrected chi connectivity index (χ1v) is 7.60. The van der Waals surface area contributed by atoms with Gasteiger partial charge in [-0.3, -0.25) is 0 Å². The summed E-state index contributed by atoms with van der Waals surface area (Å²) < 4.78 is 0. The molecule has 1 aliphatic rings. The molecule has 1 saturated carbocycles. The van der Waals surface area contributed by atoms with E-state index in [2.05, 4.69) is 31.3 Å². The zero-order chi connectivity index (χ0) is 13.0. The van der Waals surface area contributed by atoms with Crippen molar-refractivity contribution in [3.8, 4) is 0 Å². The second-order valence-corrected chi connectivity index (χ2v) is 5.94. The Morgan fingerprint density at radius 2 is 1.89 bits per heavy atom. The van der Waals surface area contributed by atoms with Gasteiger partial charge in [-0.05, 0) is 43.4 Å². The van der Waals surface area contributed by atoms with E-state index < -0.39 is 0 Å². The summed E-state index contributed by atoms with van der Waals surface area (Å²) in [5.74, 6) is 0.855. The Balaban J connectivity index is 1.97. The highest BCUT2D eigenvalue weighted by Gasteiger charge is 2.24. The minimum atomic E-state index is 0.416. The van der Waals surface area contributed by atoms with Gasteiger partial charge >= 0.3 is 0 Å². The fourth-order valence-electron chi connectivity index (χ4n) is 3.08. The second-order valence-electron chi connectivity index (χ2n) is 5.50. The molecule has 1 aromatic carbocycles. The third-order valence-corrected chi connectivity index (χ3v) is 4.52. The lowest BCUT2D eigenvalue weighted by Crippen LogP contribution is -2.39. The molecule has 0 aromatic heterocycles. The molecule has 1 aromatic rings. The summed E-state index contributed by atoms with van der Waals surface area (Å²) in [5.41, 5.74) is 1.33. The minimum Gasteiger partial charge on any atom is -0.307 e. The number of hydrogen-bond donors (Lipinski definition) is 1. The van der Waals surface area contributed by atoms with Crippen LogP contribution >= 0.6 is 11.6 Å². The van der Waals surface area contributed by atoms with Gasteiger partial charge in [-0.1, -0.05) is 49.9 Å². The maximum absolute atomic E-state index is 5.93. The third-order valence-electron chi connectivity index (χ3n) is 4.27. The van der Waals surface area contributed by atoms with Crippen LogP contribution in [0, 0.1) is 5.92 Å². The highest BCUT2D eigenvalue weighted by Crippen LogP contribution is 2.29. The summed E-state index contributed by atoms with van der Waals surface area (Å²) in [7, 11) is 0. The Hall–Kier alpha value is -0.530. The zero-order valence-electron chi connectivity index (χ0n) is 11.5. The van der Waals surface area contributed by atoms with Crippen molar-refractivity contribution in [3.05, 3.63) is 34.9 Å². The van der Waals surface area contributed by atoms with Crippen LogP contribution < -0.4 is 5.32 Å². The van der Waals surface area contributed by atoms with Gasteiger partial charge in [0.2, 0.25) is 0 Å². The molecule has 2 heteroatoms. The van der Waals surface area contributed by atoms with Crippen molar-refractivity contribution in [2.45, 2.75) is 58.0 Å². The summed E-state index contributed by atoms with van der Waals surface area (Å²) in [6, 6.07) is 9.32. The molecule has 0 heterocycles. The third kappa shape index (κ3) is 3.49. The lowest BCUT2D eigenvalue weighted by molar-refractivity contribution is 0.240. The van der Waals surface area contributed by atoms with Gasteiger partial charge < -0.3 is 5.32 Å². The average Bonchev–Trinajstić information content (AvgIpc) is 2.40. The monoisotopic (exact) mass is 265 g/mol. The number of benzene rings is 1. The van der Waals surface area contributed by atoms with Gasteiger partial charge in [0.25, 0.3) is 0 Å². The van der Waals surface area contributed by atoms with Crippen LogP contribution in [0.25, 0.3) is 0 Å². The van der Waals surface area contributed by atoms with Crippen molar-refractivity contribution in [3.63, 3.8) is 0 Å². The Labute approximate surface area is 116 Å². The maximum atomic E-state index is 5.93. The largest absolute Gasteiger partial charge is 0.307 e. The standard InChI is InChI=1S/C16H24ClN/c1-3-13-6-4-5-7-16(13)18-12(2)14-8-10-15(17)11-9-14/h8-13,16,18H,3-7H2,1-2H3/t12-,13?,16?/m0/s1. The molecule has 2 rings (SSSR count). The van der Waals surface area contributed by atoms with Gasteiger partial charge in [0, 0.05) is 17.1 Å².